The molecule has 25 heavy (non-hydrogen) atoms. The van der Waals surface area contributed by atoms with Crippen molar-refractivity contribution in [1.82, 2.24) is 14.3 Å². The molecule has 3 rings (SSSR count). The van der Waals surface area contributed by atoms with Crippen molar-refractivity contribution < 1.29 is 18.0 Å². The second kappa shape index (κ2) is 6.52. The van der Waals surface area contributed by atoms with E-state index in [0.717, 1.165) is 18.7 Å². The van der Waals surface area contributed by atoms with E-state index in [0.29, 0.717) is 30.6 Å². The summed E-state index contributed by atoms with van der Waals surface area (Å²) in [6.45, 7) is 5.63. The van der Waals surface area contributed by atoms with Gasteiger partial charge in [-0.1, -0.05) is 25.4 Å². The molecule has 136 valence electrons. The summed E-state index contributed by atoms with van der Waals surface area (Å²) in [6.07, 6.45) is -0.969. The molecule has 2 unspecified atom stereocenters. The molecule has 2 aromatic heterocycles. The Labute approximate surface area is 148 Å². The van der Waals surface area contributed by atoms with E-state index >= 15 is 0 Å². The number of imidazole rings is 1. The molecule has 3 heterocycles. The van der Waals surface area contributed by atoms with Gasteiger partial charge in [0, 0.05) is 25.5 Å². The van der Waals surface area contributed by atoms with Crippen molar-refractivity contribution in [3.05, 3.63) is 34.7 Å². The Morgan fingerprint density at radius 2 is 1.92 bits per heavy atom. The zero-order valence-electron chi connectivity index (χ0n) is 14.0. The fourth-order valence-electron chi connectivity index (χ4n) is 3.48. The third-order valence-corrected chi connectivity index (χ3v) is 4.72. The molecule has 0 bridgehead atoms. The van der Waals surface area contributed by atoms with E-state index in [1.807, 2.05) is 4.90 Å². The fourth-order valence-corrected chi connectivity index (χ4v) is 3.74. The average Bonchev–Trinajstić information content (AvgIpc) is 2.88. The molecule has 1 fully saturated rings. The highest BCUT2D eigenvalue weighted by molar-refractivity contribution is 6.33. The lowest BCUT2D eigenvalue weighted by atomic mass is 9.91. The van der Waals surface area contributed by atoms with E-state index < -0.39 is 11.7 Å². The first-order chi connectivity index (χ1) is 11.6. The molecule has 0 N–H and O–H groups in total. The van der Waals surface area contributed by atoms with Gasteiger partial charge in [0.05, 0.1) is 22.7 Å². The Morgan fingerprint density at radius 1 is 1.28 bits per heavy atom. The lowest BCUT2D eigenvalue weighted by Crippen LogP contribution is -2.43. The topological polar surface area (TPSA) is 37.6 Å². The number of hydrogen-bond acceptors (Lipinski definition) is 2. The molecule has 8 heteroatoms. The molecule has 0 radical (unpaired) electrons. The number of amides is 1. The van der Waals surface area contributed by atoms with Gasteiger partial charge in [-0.05, 0) is 24.3 Å². The van der Waals surface area contributed by atoms with E-state index in [1.165, 1.54) is 10.6 Å². The third-order valence-electron chi connectivity index (χ3n) is 4.44. The molecule has 0 saturated carbocycles. The number of carbonyl (C=O) groups is 1. The minimum Gasteiger partial charge on any atom is -0.342 e. The van der Waals surface area contributed by atoms with Gasteiger partial charge in [-0.3, -0.25) is 4.79 Å². The normalized spacial score (nSPS) is 21.8. The number of likely N-dealkylation sites (tertiary alicyclic amines) is 1. The fraction of sp³-hybridized carbons (Fsp3) is 0.529. The quantitative estimate of drug-likeness (QED) is 0.796. The van der Waals surface area contributed by atoms with Gasteiger partial charge in [0.1, 0.15) is 0 Å². The van der Waals surface area contributed by atoms with Gasteiger partial charge in [0.15, 0.2) is 5.65 Å². The van der Waals surface area contributed by atoms with Crippen molar-refractivity contribution in [3.63, 3.8) is 0 Å². The molecule has 0 spiro atoms. The number of carbonyl (C=O) groups excluding carboxylic acids is 1. The van der Waals surface area contributed by atoms with E-state index in [1.54, 1.807) is 0 Å². The van der Waals surface area contributed by atoms with Crippen molar-refractivity contribution in [2.75, 3.05) is 13.1 Å². The molecule has 4 nitrogen and oxygen atoms in total. The van der Waals surface area contributed by atoms with Crippen LogP contribution in [0.25, 0.3) is 5.65 Å². The SMILES string of the molecule is CC1CC(C)CN(C(=O)Cc2cn3cc(C(F)(F)F)cc(Cl)c3n2)C1. The van der Waals surface area contributed by atoms with Crippen LogP contribution in [-0.2, 0) is 17.4 Å². The van der Waals surface area contributed by atoms with Crippen LogP contribution in [0.3, 0.4) is 0 Å². The summed E-state index contributed by atoms with van der Waals surface area (Å²) in [5.41, 5.74) is -0.214. The van der Waals surface area contributed by atoms with Gasteiger partial charge in [-0.15, -0.1) is 0 Å². The number of alkyl halides is 3. The third kappa shape index (κ3) is 3.92. The summed E-state index contributed by atoms with van der Waals surface area (Å²) >= 11 is 5.93. The highest BCUT2D eigenvalue weighted by Crippen LogP contribution is 2.32. The monoisotopic (exact) mass is 373 g/mol. The molecule has 0 aromatic carbocycles. The Bertz CT molecular complexity index is 792. The molecule has 1 aliphatic rings. The number of hydrogen-bond donors (Lipinski definition) is 0. The number of fused-ring (bicyclic) bond motifs is 1. The summed E-state index contributed by atoms with van der Waals surface area (Å²) < 4.78 is 39.9. The number of pyridine rings is 1. The number of nitrogens with zero attached hydrogens (tertiary/aromatic N) is 3. The molecule has 0 aliphatic carbocycles. The van der Waals surface area contributed by atoms with Crippen molar-refractivity contribution in [3.8, 4) is 0 Å². The summed E-state index contributed by atoms with van der Waals surface area (Å²) in [4.78, 5) is 18.5. The van der Waals surface area contributed by atoms with E-state index in [4.69, 9.17) is 11.6 Å². The number of piperidine rings is 1. The maximum absolute atomic E-state index is 12.9. The summed E-state index contributed by atoms with van der Waals surface area (Å²) in [7, 11) is 0. The average molecular weight is 374 g/mol. The van der Waals surface area contributed by atoms with Gasteiger partial charge in [-0.25, -0.2) is 4.98 Å². The standard InChI is InChI=1S/C17H19ClF3N3O/c1-10-3-11(2)7-23(6-10)15(25)5-13-9-24-8-12(17(19,20)21)4-14(18)16(24)22-13/h4,8-11H,3,5-7H2,1-2H3. The van der Waals surface area contributed by atoms with Crippen molar-refractivity contribution in [1.29, 1.82) is 0 Å². The Kier molecular flexibility index (Phi) is 4.70. The number of halogens is 4. The van der Waals surface area contributed by atoms with E-state index in [2.05, 4.69) is 18.8 Å². The Morgan fingerprint density at radius 3 is 2.52 bits per heavy atom. The van der Waals surface area contributed by atoms with Crippen LogP contribution in [0.2, 0.25) is 5.02 Å². The Balaban J connectivity index is 1.82. The second-order valence-corrected chi connectivity index (χ2v) is 7.37. The maximum atomic E-state index is 12.9. The first-order valence-corrected chi connectivity index (χ1v) is 8.53. The largest absolute Gasteiger partial charge is 0.417 e. The number of aromatic nitrogens is 2. The van der Waals surface area contributed by atoms with Gasteiger partial charge >= 0.3 is 6.18 Å². The van der Waals surface area contributed by atoms with Crippen molar-refractivity contribution in [2.45, 2.75) is 32.9 Å². The van der Waals surface area contributed by atoms with Crippen molar-refractivity contribution >= 4 is 23.2 Å². The summed E-state index contributed by atoms with van der Waals surface area (Å²) in [5, 5.41) is -0.0891. The van der Waals surface area contributed by atoms with Crippen LogP contribution >= 0.6 is 11.6 Å². The van der Waals surface area contributed by atoms with E-state index in [-0.39, 0.29) is 23.0 Å². The highest BCUT2D eigenvalue weighted by atomic mass is 35.5. The highest BCUT2D eigenvalue weighted by Gasteiger charge is 2.32. The number of rotatable bonds is 2. The molecule has 1 saturated heterocycles. The summed E-state index contributed by atoms with van der Waals surface area (Å²) in [6, 6.07) is 0.851. The summed E-state index contributed by atoms with van der Waals surface area (Å²) in [5.74, 6) is 0.823. The van der Waals surface area contributed by atoms with Crippen LogP contribution in [-0.4, -0.2) is 33.3 Å². The molecular formula is C17H19ClF3N3O. The van der Waals surface area contributed by atoms with Crippen LogP contribution in [0, 0.1) is 11.8 Å². The van der Waals surface area contributed by atoms with Crippen LogP contribution < -0.4 is 0 Å². The smallest absolute Gasteiger partial charge is 0.342 e. The Hall–Kier alpha value is -1.76. The van der Waals surface area contributed by atoms with Gasteiger partial charge in [0.2, 0.25) is 5.91 Å². The van der Waals surface area contributed by atoms with Crippen LogP contribution in [0.5, 0.6) is 0 Å². The lowest BCUT2D eigenvalue weighted by molar-refractivity contribution is -0.138. The first kappa shape index (κ1) is 18.0. The van der Waals surface area contributed by atoms with Gasteiger partial charge in [-0.2, -0.15) is 13.2 Å². The predicted molar refractivity (Wildman–Crippen MR) is 88.4 cm³/mol. The molecule has 2 atom stereocenters. The first-order valence-electron chi connectivity index (χ1n) is 8.15. The molecular weight excluding hydrogens is 355 g/mol. The van der Waals surface area contributed by atoms with E-state index in [9.17, 15) is 18.0 Å². The van der Waals surface area contributed by atoms with Crippen LogP contribution in [0.1, 0.15) is 31.5 Å². The zero-order chi connectivity index (χ0) is 18.4. The molecule has 1 aliphatic heterocycles. The van der Waals surface area contributed by atoms with Crippen LogP contribution in [0.15, 0.2) is 18.5 Å². The minimum absolute atomic E-state index is 0.0544. The maximum Gasteiger partial charge on any atom is 0.417 e. The van der Waals surface area contributed by atoms with Crippen LogP contribution in [0.4, 0.5) is 13.2 Å². The molecule has 1 amide bonds. The van der Waals surface area contributed by atoms with Gasteiger partial charge < -0.3 is 9.30 Å². The van der Waals surface area contributed by atoms with Crippen molar-refractivity contribution in [2.24, 2.45) is 11.8 Å². The minimum atomic E-state index is -4.49. The second-order valence-electron chi connectivity index (χ2n) is 6.96. The van der Waals surface area contributed by atoms with Gasteiger partial charge in [0.25, 0.3) is 0 Å². The predicted octanol–water partition coefficient (Wildman–Crippen LogP) is 4.05. The zero-order valence-corrected chi connectivity index (χ0v) is 14.7. The molecule has 2 aromatic rings. The lowest BCUT2D eigenvalue weighted by Gasteiger charge is -2.35.